The number of pyridine rings is 1. The first kappa shape index (κ1) is 10.7. The van der Waals surface area contributed by atoms with E-state index in [0.717, 1.165) is 21.2 Å². The molecule has 2 rings (SSSR count). The first-order chi connectivity index (χ1) is 7.16. The quantitative estimate of drug-likeness (QED) is 0.876. The zero-order valence-electron chi connectivity index (χ0n) is 8.44. The molecule has 0 aliphatic heterocycles. The Balaban J connectivity index is 2.77. The van der Waals surface area contributed by atoms with E-state index < -0.39 is 0 Å². The van der Waals surface area contributed by atoms with E-state index >= 15 is 0 Å². The maximum atomic E-state index is 9.13. The molecule has 2 aromatic rings. The summed E-state index contributed by atoms with van der Waals surface area (Å²) in [4.78, 5) is 0. The minimum Gasteiger partial charge on any atom is -0.394 e. The van der Waals surface area contributed by atoms with Gasteiger partial charge < -0.3 is 15.2 Å². The van der Waals surface area contributed by atoms with Crippen LogP contribution < -0.4 is 5.73 Å². The molecule has 4 heteroatoms. The summed E-state index contributed by atoms with van der Waals surface area (Å²) in [7, 11) is 0. The van der Waals surface area contributed by atoms with Gasteiger partial charge in [-0.05, 0) is 40.5 Å². The van der Waals surface area contributed by atoms with Crippen LogP contribution in [0.4, 0.5) is 0 Å². The molecule has 15 heavy (non-hydrogen) atoms. The third kappa shape index (κ3) is 1.58. The lowest BCUT2D eigenvalue weighted by Crippen LogP contribution is -2.17. The second kappa shape index (κ2) is 3.96. The van der Waals surface area contributed by atoms with Gasteiger partial charge in [0.25, 0.3) is 0 Å². The summed E-state index contributed by atoms with van der Waals surface area (Å²) in [5, 5.41) is 9.13. The van der Waals surface area contributed by atoms with E-state index in [1.54, 1.807) is 0 Å². The van der Waals surface area contributed by atoms with Crippen molar-refractivity contribution in [1.29, 1.82) is 0 Å². The molecule has 2 heterocycles. The van der Waals surface area contributed by atoms with Crippen molar-refractivity contribution in [2.24, 2.45) is 5.73 Å². The zero-order chi connectivity index (χ0) is 11.0. The molecule has 3 nitrogen and oxygen atoms in total. The van der Waals surface area contributed by atoms with Gasteiger partial charge >= 0.3 is 0 Å². The van der Waals surface area contributed by atoms with Crippen LogP contribution in [0, 0.1) is 6.92 Å². The van der Waals surface area contributed by atoms with Crippen molar-refractivity contribution in [2.45, 2.75) is 13.0 Å². The highest BCUT2D eigenvalue weighted by atomic mass is 79.9. The molecule has 0 aliphatic carbocycles. The van der Waals surface area contributed by atoms with Crippen LogP contribution in [-0.2, 0) is 0 Å². The van der Waals surface area contributed by atoms with Crippen molar-refractivity contribution in [1.82, 2.24) is 4.40 Å². The van der Waals surface area contributed by atoms with Gasteiger partial charge in [0.1, 0.15) is 0 Å². The Bertz CT molecular complexity index is 493. The van der Waals surface area contributed by atoms with Crippen LogP contribution in [-0.4, -0.2) is 16.1 Å². The number of halogens is 1. The van der Waals surface area contributed by atoms with Crippen LogP contribution >= 0.6 is 15.9 Å². The van der Waals surface area contributed by atoms with E-state index in [9.17, 15) is 0 Å². The molecule has 0 bridgehead atoms. The van der Waals surface area contributed by atoms with Crippen LogP contribution in [0.5, 0.6) is 0 Å². The van der Waals surface area contributed by atoms with Crippen molar-refractivity contribution in [3.63, 3.8) is 0 Å². The number of hydrogen-bond donors (Lipinski definition) is 2. The number of aromatic nitrogens is 1. The van der Waals surface area contributed by atoms with Gasteiger partial charge in [0.15, 0.2) is 0 Å². The molecule has 0 aromatic carbocycles. The molecule has 2 aromatic heterocycles. The zero-order valence-corrected chi connectivity index (χ0v) is 10.0. The summed E-state index contributed by atoms with van der Waals surface area (Å²) in [5.41, 5.74) is 9.00. The predicted molar refractivity (Wildman–Crippen MR) is 63.8 cm³/mol. The Labute approximate surface area is 96.6 Å². The number of nitrogens with zero attached hydrogens (tertiary/aromatic N) is 1. The highest BCUT2D eigenvalue weighted by Crippen LogP contribution is 2.30. The normalized spacial score (nSPS) is 13.3. The van der Waals surface area contributed by atoms with Gasteiger partial charge in [-0.3, -0.25) is 0 Å². The molecule has 80 valence electrons. The maximum Gasteiger partial charge on any atom is 0.0691 e. The molecule has 0 spiro atoms. The van der Waals surface area contributed by atoms with Crippen molar-refractivity contribution in [3.05, 3.63) is 40.1 Å². The summed E-state index contributed by atoms with van der Waals surface area (Å²) in [6.45, 7) is 1.95. The van der Waals surface area contributed by atoms with Crippen LogP contribution in [0.3, 0.4) is 0 Å². The summed E-state index contributed by atoms with van der Waals surface area (Å²) in [6.07, 6.45) is 1.96. The molecule has 3 N–H and O–H groups in total. The van der Waals surface area contributed by atoms with Crippen molar-refractivity contribution >= 4 is 21.4 Å². The molecule has 0 saturated carbocycles. The summed E-state index contributed by atoms with van der Waals surface area (Å²) in [5.74, 6) is 0. The van der Waals surface area contributed by atoms with E-state index in [4.69, 9.17) is 10.8 Å². The van der Waals surface area contributed by atoms with Crippen molar-refractivity contribution in [3.8, 4) is 0 Å². The highest BCUT2D eigenvalue weighted by Gasteiger charge is 2.17. The highest BCUT2D eigenvalue weighted by molar-refractivity contribution is 9.10. The van der Waals surface area contributed by atoms with Gasteiger partial charge in [0.05, 0.1) is 18.2 Å². The maximum absolute atomic E-state index is 9.13. The van der Waals surface area contributed by atoms with Crippen LogP contribution in [0.15, 0.2) is 28.9 Å². The third-order valence-corrected chi connectivity index (χ3v) is 3.61. The van der Waals surface area contributed by atoms with E-state index in [1.165, 1.54) is 0 Å². The Hall–Kier alpha value is -0.840. The number of nitrogens with two attached hydrogens (primary N) is 1. The van der Waals surface area contributed by atoms with Gasteiger partial charge in [-0.15, -0.1) is 0 Å². The Kier molecular flexibility index (Phi) is 2.82. The van der Waals surface area contributed by atoms with Gasteiger partial charge in [-0.1, -0.05) is 6.07 Å². The average molecular weight is 269 g/mol. The number of aliphatic hydroxyl groups is 1. The number of fused-ring (bicyclic) bond motifs is 1. The fraction of sp³-hybridized carbons (Fsp3) is 0.273. The SMILES string of the molecule is Cc1c(Br)c2ccccn2c1C(N)CO. The average Bonchev–Trinajstić information content (AvgIpc) is 2.52. The monoisotopic (exact) mass is 268 g/mol. The first-order valence-corrected chi connectivity index (χ1v) is 5.57. The van der Waals surface area contributed by atoms with Crippen LogP contribution in [0.1, 0.15) is 17.3 Å². The molecule has 0 saturated heterocycles. The standard InChI is InChI=1S/C11H13BrN2O/c1-7-10(12)9-4-2-3-5-14(9)11(7)8(13)6-15/h2-5,8,15H,6,13H2,1H3. The number of rotatable bonds is 2. The molecular weight excluding hydrogens is 256 g/mol. The number of hydrogen-bond acceptors (Lipinski definition) is 2. The van der Waals surface area contributed by atoms with E-state index in [0.29, 0.717) is 0 Å². The molecule has 0 radical (unpaired) electrons. The van der Waals surface area contributed by atoms with Crippen LogP contribution in [0.25, 0.3) is 5.52 Å². The van der Waals surface area contributed by atoms with Gasteiger partial charge in [-0.25, -0.2) is 0 Å². The largest absolute Gasteiger partial charge is 0.394 e. The number of aliphatic hydroxyl groups excluding tert-OH is 1. The molecule has 0 fully saturated rings. The molecule has 0 amide bonds. The van der Waals surface area contributed by atoms with Gasteiger partial charge in [-0.2, -0.15) is 0 Å². The predicted octanol–water partition coefficient (Wildman–Crippen LogP) is 2.00. The van der Waals surface area contributed by atoms with Crippen molar-refractivity contribution in [2.75, 3.05) is 6.61 Å². The smallest absolute Gasteiger partial charge is 0.0691 e. The summed E-state index contributed by atoms with van der Waals surface area (Å²) < 4.78 is 3.06. The van der Waals surface area contributed by atoms with E-state index in [1.807, 2.05) is 35.7 Å². The van der Waals surface area contributed by atoms with Gasteiger partial charge in [0.2, 0.25) is 0 Å². The minimum absolute atomic E-state index is 0.0473. The fourth-order valence-corrected chi connectivity index (χ4v) is 2.39. The Morgan fingerprint density at radius 1 is 1.53 bits per heavy atom. The van der Waals surface area contributed by atoms with E-state index in [-0.39, 0.29) is 12.6 Å². The molecular formula is C11H13BrN2O. The molecule has 1 unspecified atom stereocenters. The lowest BCUT2D eigenvalue weighted by atomic mass is 10.1. The topological polar surface area (TPSA) is 50.7 Å². The molecule has 1 atom stereocenters. The second-order valence-electron chi connectivity index (χ2n) is 3.57. The Morgan fingerprint density at radius 3 is 2.93 bits per heavy atom. The summed E-state index contributed by atoms with van der Waals surface area (Å²) >= 11 is 3.54. The lowest BCUT2D eigenvalue weighted by molar-refractivity contribution is 0.265. The van der Waals surface area contributed by atoms with Crippen molar-refractivity contribution < 1.29 is 5.11 Å². The van der Waals surface area contributed by atoms with E-state index in [2.05, 4.69) is 15.9 Å². The lowest BCUT2D eigenvalue weighted by Gasteiger charge is -2.10. The fourth-order valence-electron chi connectivity index (χ4n) is 1.86. The third-order valence-electron chi connectivity index (χ3n) is 2.61. The second-order valence-corrected chi connectivity index (χ2v) is 4.36. The molecule has 0 aliphatic rings. The van der Waals surface area contributed by atoms with Crippen LogP contribution in [0.2, 0.25) is 0 Å². The van der Waals surface area contributed by atoms with Gasteiger partial charge in [0, 0.05) is 16.4 Å². The first-order valence-electron chi connectivity index (χ1n) is 4.78. The minimum atomic E-state index is -0.341. The Morgan fingerprint density at radius 2 is 2.27 bits per heavy atom. The summed E-state index contributed by atoms with van der Waals surface area (Å²) in [6, 6.07) is 5.61.